The fraction of sp³-hybridized carbons (Fsp3) is 0.588. The summed E-state index contributed by atoms with van der Waals surface area (Å²) in [5.41, 5.74) is 7.03. The number of halogens is 1. The van der Waals surface area contributed by atoms with E-state index in [1.165, 1.54) is 0 Å². The van der Waals surface area contributed by atoms with Crippen molar-refractivity contribution in [3.63, 3.8) is 0 Å². The number of methoxy groups -OCH3 is 1. The number of amides is 1. The number of nitrogens with one attached hydrogen (secondary N) is 1. The van der Waals surface area contributed by atoms with Crippen LogP contribution >= 0.6 is 12.4 Å². The molecule has 1 rings (SSSR count). The molecular formula is C17H29ClN2O2. The van der Waals surface area contributed by atoms with E-state index in [4.69, 9.17) is 10.5 Å². The van der Waals surface area contributed by atoms with Crippen LogP contribution in [0.5, 0.6) is 5.75 Å². The molecule has 22 heavy (non-hydrogen) atoms. The van der Waals surface area contributed by atoms with Crippen LogP contribution in [-0.4, -0.2) is 25.1 Å². The van der Waals surface area contributed by atoms with Crippen molar-refractivity contribution >= 4 is 18.3 Å². The molecule has 3 N–H and O–H groups in total. The fourth-order valence-corrected chi connectivity index (χ4v) is 2.18. The van der Waals surface area contributed by atoms with Crippen LogP contribution in [0.4, 0.5) is 0 Å². The minimum absolute atomic E-state index is 0. The summed E-state index contributed by atoms with van der Waals surface area (Å²) in [7, 11) is 1.65. The minimum Gasteiger partial charge on any atom is -0.497 e. The van der Waals surface area contributed by atoms with Crippen molar-refractivity contribution in [2.75, 3.05) is 13.7 Å². The number of carbonyl (C=O) groups is 1. The summed E-state index contributed by atoms with van der Waals surface area (Å²) in [6, 6.07) is 7.84. The molecule has 0 aliphatic heterocycles. The highest BCUT2D eigenvalue weighted by Gasteiger charge is 2.21. The van der Waals surface area contributed by atoms with E-state index < -0.39 is 0 Å². The Kier molecular flexibility index (Phi) is 9.14. The quantitative estimate of drug-likeness (QED) is 0.770. The number of ether oxygens (including phenoxy) is 1. The van der Waals surface area contributed by atoms with E-state index in [0.717, 1.165) is 24.2 Å². The van der Waals surface area contributed by atoms with Gasteiger partial charge in [0.2, 0.25) is 5.91 Å². The van der Waals surface area contributed by atoms with Crippen LogP contribution < -0.4 is 15.8 Å². The third-order valence-electron chi connectivity index (χ3n) is 4.22. The lowest BCUT2D eigenvalue weighted by molar-refractivity contribution is -0.121. The van der Waals surface area contributed by atoms with E-state index in [1.54, 1.807) is 7.11 Å². The molecule has 1 aromatic carbocycles. The number of hydrogen-bond donors (Lipinski definition) is 2. The van der Waals surface area contributed by atoms with Crippen molar-refractivity contribution in [3.05, 3.63) is 29.8 Å². The molecule has 0 aliphatic carbocycles. The Labute approximate surface area is 140 Å². The van der Waals surface area contributed by atoms with E-state index in [-0.39, 0.29) is 29.8 Å². The molecule has 0 bridgehead atoms. The second-order valence-electron chi connectivity index (χ2n) is 5.72. The van der Waals surface area contributed by atoms with Gasteiger partial charge in [0.15, 0.2) is 0 Å². The smallest absolute Gasteiger partial charge is 0.220 e. The largest absolute Gasteiger partial charge is 0.497 e. The van der Waals surface area contributed by atoms with Crippen LogP contribution in [-0.2, 0) is 4.79 Å². The van der Waals surface area contributed by atoms with Gasteiger partial charge in [-0.25, -0.2) is 0 Å². The number of nitrogens with two attached hydrogens (primary N) is 1. The highest BCUT2D eigenvalue weighted by molar-refractivity contribution is 5.85. The molecule has 1 atom stereocenters. The second-order valence-corrected chi connectivity index (χ2v) is 5.72. The first-order valence-electron chi connectivity index (χ1n) is 7.63. The van der Waals surface area contributed by atoms with Crippen LogP contribution in [0.1, 0.15) is 51.5 Å². The van der Waals surface area contributed by atoms with Gasteiger partial charge in [-0.05, 0) is 36.5 Å². The molecule has 0 aliphatic rings. The van der Waals surface area contributed by atoms with Crippen molar-refractivity contribution in [1.29, 1.82) is 0 Å². The Morgan fingerprint density at radius 1 is 1.27 bits per heavy atom. The molecular weight excluding hydrogens is 300 g/mol. The maximum atomic E-state index is 12.0. The Morgan fingerprint density at radius 2 is 1.82 bits per heavy atom. The lowest BCUT2D eigenvalue weighted by Crippen LogP contribution is -2.49. The second kappa shape index (κ2) is 9.70. The third-order valence-corrected chi connectivity index (χ3v) is 4.22. The summed E-state index contributed by atoms with van der Waals surface area (Å²) in [4.78, 5) is 12.0. The predicted octanol–water partition coefficient (Wildman–Crippen LogP) is 3.24. The Morgan fingerprint density at radius 3 is 2.27 bits per heavy atom. The van der Waals surface area contributed by atoms with Gasteiger partial charge in [-0.15, -0.1) is 12.4 Å². The predicted molar refractivity (Wildman–Crippen MR) is 93.8 cm³/mol. The molecule has 0 fully saturated rings. The summed E-state index contributed by atoms with van der Waals surface area (Å²) in [6.45, 7) is 6.69. The zero-order chi connectivity index (χ0) is 15.9. The van der Waals surface area contributed by atoms with Gasteiger partial charge >= 0.3 is 0 Å². The Bertz CT molecular complexity index is 444. The highest BCUT2D eigenvalue weighted by Crippen LogP contribution is 2.21. The van der Waals surface area contributed by atoms with Gasteiger partial charge in [-0.1, -0.05) is 32.9 Å². The number of rotatable bonds is 8. The van der Waals surface area contributed by atoms with E-state index >= 15 is 0 Å². The topological polar surface area (TPSA) is 64.3 Å². The summed E-state index contributed by atoms with van der Waals surface area (Å²) in [6.07, 6.45) is 2.19. The number of carbonyl (C=O) groups excluding carboxylic acids is 1. The van der Waals surface area contributed by atoms with Crippen LogP contribution in [0.2, 0.25) is 0 Å². The first-order chi connectivity index (χ1) is 9.94. The van der Waals surface area contributed by atoms with Crippen molar-refractivity contribution in [3.8, 4) is 5.75 Å². The van der Waals surface area contributed by atoms with E-state index in [9.17, 15) is 4.79 Å². The average Bonchev–Trinajstić information content (AvgIpc) is 2.52. The molecule has 0 heterocycles. The summed E-state index contributed by atoms with van der Waals surface area (Å²) >= 11 is 0. The molecule has 0 saturated carbocycles. The third kappa shape index (κ3) is 6.24. The zero-order valence-electron chi connectivity index (χ0n) is 14.0. The summed E-state index contributed by atoms with van der Waals surface area (Å²) < 4.78 is 5.14. The maximum Gasteiger partial charge on any atom is 0.220 e. The molecule has 126 valence electrons. The van der Waals surface area contributed by atoms with Gasteiger partial charge in [0, 0.05) is 18.5 Å². The highest BCUT2D eigenvalue weighted by atomic mass is 35.5. The molecule has 0 saturated heterocycles. The molecule has 0 radical (unpaired) electrons. The van der Waals surface area contributed by atoms with Crippen molar-refractivity contribution < 1.29 is 9.53 Å². The van der Waals surface area contributed by atoms with Gasteiger partial charge in [-0.3, -0.25) is 4.79 Å². The van der Waals surface area contributed by atoms with Gasteiger partial charge in [0.1, 0.15) is 5.75 Å². The fourth-order valence-electron chi connectivity index (χ4n) is 2.18. The first kappa shape index (κ1) is 20.7. The first-order valence-corrected chi connectivity index (χ1v) is 7.63. The molecule has 1 unspecified atom stereocenters. The monoisotopic (exact) mass is 328 g/mol. The van der Waals surface area contributed by atoms with Crippen LogP contribution in [0.25, 0.3) is 0 Å². The molecule has 4 nitrogen and oxygen atoms in total. The normalized spacial score (nSPS) is 12.2. The number of hydrogen-bond acceptors (Lipinski definition) is 3. The summed E-state index contributed by atoms with van der Waals surface area (Å²) in [5, 5.41) is 2.96. The number of benzene rings is 1. The zero-order valence-corrected chi connectivity index (χ0v) is 14.8. The van der Waals surface area contributed by atoms with Gasteiger partial charge < -0.3 is 15.8 Å². The van der Waals surface area contributed by atoms with Crippen LogP contribution in [0.3, 0.4) is 0 Å². The lowest BCUT2D eigenvalue weighted by atomic mass is 9.93. The van der Waals surface area contributed by atoms with E-state index in [2.05, 4.69) is 26.1 Å². The van der Waals surface area contributed by atoms with Gasteiger partial charge in [0.25, 0.3) is 0 Å². The maximum absolute atomic E-state index is 12.0. The van der Waals surface area contributed by atoms with Crippen molar-refractivity contribution in [1.82, 2.24) is 5.32 Å². The van der Waals surface area contributed by atoms with Gasteiger partial charge in [-0.2, -0.15) is 0 Å². The molecule has 1 amide bonds. The molecule has 5 heteroatoms. The summed E-state index contributed by atoms with van der Waals surface area (Å²) in [5.74, 6) is 1.05. The van der Waals surface area contributed by atoms with E-state index in [1.807, 2.05) is 24.3 Å². The van der Waals surface area contributed by atoms with Crippen molar-refractivity contribution in [2.45, 2.75) is 51.5 Å². The van der Waals surface area contributed by atoms with Crippen LogP contribution in [0.15, 0.2) is 24.3 Å². The minimum atomic E-state index is -0.293. The molecule has 0 aromatic heterocycles. The Balaban J connectivity index is 0.00000441. The Hall–Kier alpha value is -1.26. The van der Waals surface area contributed by atoms with Crippen molar-refractivity contribution in [2.24, 2.45) is 5.73 Å². The van der Waals surface area contributed by atoms with Gasteiger partial charge in [0.05, 0.1) is 7.11 Å². The lowest BCUT2D eigenvalue weighted by Gasteiger charge is -2.27. The molecule has 1 aromatic rings. The average molecular weight is 329 g/mol. The van der Waals surface area contributed by atoms with Crippen LogP contribution in [0, 0.1) is 0 Å². The van der Waals surface area contributed by atoms with E-state index in [0.29, 0.717) is 13.0 Å². The SMILES string of the molecule is CCC(N)(CC)CNC(=O)CC(C)c1ccc(OC)cc1.Cl. The standard InChI is InChI=1S/C17H28N2O2.ClH/c1-5-17(18,6-2)12-19-16(20)11-13(3)14-7-9-15(21-4)10-8-14;/h7-10,13H,5-6,11-12,18H2,1-4H3,(H,19,20);1H. The molecule has 0 spiro atoms.